The van der Waals surface area contributed by atoms with Crippen molar-refractivity contribution in [1.29, 1.82) is 0 Å². The summed E-state index contributed by atoms with van der Waals surface area (Å²) < 4.78 is 0. The summed E-state index contributed by atoms with van der Waals surface area (Å²) >= 11 is 0. The van der Waals surface area contributed by atoms with Crippen LogP contribution in [0.5, 0.6) is 0 Å². The van der Waals surface area contributed by atoms with Crippen molar-refractivity contribution < 1.29 is 9.59 Å². The highest BCUT2D eigenvalue weighted by molar-refractivity contribution is 5.79. The molecule has 3 fully saturated rings. The van der Waals surface area contributed by atoms with E-state index in [9.17, 15) is 9.59 Å². The lowest BCUT2D eigenvalue weighted by atomic mass is 9.93. The van der Waals surface area contributed by atoms with E-state index in [1.54, 1.807) is 0 Å². The first kappa shape index (κ1) is 20.4. The van der Waals surface area contributed by atoms with Gasteiger partial charge < -0.3 is 14.7 Å². The summed E-state index contributed by atoms with van der Waals surface area (Å²) in [5, 5.41) is 0. The fourth-order valence-electron chi connectivity index (χ4n) is 5.05. The third-order valence-electron chi connectivity index (χ3n) is 7.07. The van der Waals surface area contributed by atoms with E-state index in [0.29, 0.717) is 17.5 Å². The summed E-state index contributed by atoms with van der Waals surface area (Å²) in [7, 11) is 2.20. The number of piperazine rings is 1. The van der Waals surface area contributed by atoms with Crippen molar-refractivity contribution in [2.75, 3.05) is 64.3 Å². The first-order chi connectivity index (χ1) is 14.1. The molecular formula is C23H34N4O2. The number of carbonyl (C=O) groups is 2. The van der Waals surface area contributed by atoms with Crippen LogP contribution in [0.3, 0.4) is 0 Å². The van der Waals surface area contributed by atoms with E-state index in [0.717, 1.165) is 76.9 Å². The molecule has 4 rings (SSSR count). The molecule has 6 heteroatoms. The number of carbonyl (C=O) groups excluding carboxylic acids is 2. The van der Waals surface area contributed by atoms with Crippen LogP contribution in [0.25, 0.3) is 0 Å². The molecule has 0 atom stereocenters. The van der Waals surface area contributed by atoms with E-state index >= 15 is 0 Å². The highest BCUT2D eigenvalue weighted by Crippen LogP contribution is 2.27. The molecular weight excluding hydrogens is 364 g/mol. The number of likely N-dealkylation sites (N-methyl/N-ethyl adjacent to an activating group) is 1. The number of hydrogen-bond donors (Lipinski definition) is 0. The van der Waals surface area contributed by atoms with Gasteiger partial charge in [-0.2, -0.15) is 0 Å². The Hall–Kier alpha value is -1.92. The molecule has 6 nitrogen and oxygen atoms in total. The molecule has 0 aliphatic carbocycles. The Balaban J connectivity index is 1.23. The van der Waals surface area contributed by atoms with Crippen molar-refractivity contribution in [3.05, 3.63) is 29.8 Å². The van der Waals surface area contributed by atoms with Gasteiger partial charge in [0.15, 0.2) is 0 Å². The van der Waals surface area contributed by atoms with Crippen LogP contribution in [0.15, 0.2) is 24.3 Å². The zero-order valence-electron chi connectivity index (χ0n) is 17.6. The molecule has 29 heavy (non-hydrogen) atoms. The lowest BCUT2D eigenvalue weighted by Crippen LogP contribution is -2.53. The maximum absolute atomic E-state index is 13.1. The van der Waals surface area contributed by atoms with Gasteiger partial charge in [0.25, 0.3) is 0 Å². The number of piperidine rings is 2. The standard InChI is InChI=1S/C23H34N4O2/c1-24-14-16-26(17-15-24)22-8-12-27(13-9-22)23(29)20-6-10-25(11-7-20)21-4-2-19(18-28)3-5-21/h2-5,18,20,22H,6-17H2,1H3. The Bertz CT molecular complexity index is 683. The summed E-state index contributed by atoms with van der Waals surface area (Å²) in [6, 6.07) is 8.40. The average molecular weight is 399 g/mol. The predicted octanol–water partition coefficient (Wildman–Crippen LogP) is 1.95. The van der Waals surface area contributed by atoms with E-state index < -0.39 is 0 Å². The zero-order chi connectivity index (χ0) is 20.2. The van der Waals surface area contributed by atoms with Crippen molar-refractivity contribution in [3.63, 3.8) is 0 Å². The lowest BCUT2D eigenvalue weighted by Gasteiger charge is -2.43. The Morgan fingerprint density at radius 3 is 2.07 bits per heavy atom. The molecule has 0 N–H and O–H groups in total. The van der Waals surface area contributed by atoms with Gasteiger partial charge >= 0.3 is 0 Å². The molecule has 0 radical (unpaired) electrons. The number of amides is 1. The van der Waals surface area contributed by atoms with Crippen LogP contribution in [0.2, 0.25) is 0 Å². The second kappa shape index (κ2) is 9.26. The SMILES string of the molecule is CN1CCN(C2CCN(C(=O)C3CCN(c4ccc(C=O)cc4)CC3)CC2)CC1. The van der Waals surface area contributed by atoms with Gasteiger partial charge in [0.2, 0.25) is 5.91 Å². The molecule has 3 heterocycles. The quantitative estimate of drug-likeness (QED) is 0.726. The molecule has 0 bridgehead atoms. The third-order valence-corrected chi connectivity index (χ3v) is 7.07. The van der Waals surface area contributed by atoms with Gasteiger partial charge in [-0.3, -0.25) is 14.5 Å². The minimum atomic E-state index is 0.167. The summed E-state index contributed by atoms with van der Waals surface area (Å²) in [6.45, 7) is 8.32. The normalized spacial score (nSPS) is 23.3. The number of rotatable bonds is 4. The zero-order valence-corrected chi connectivity index (χ0v) is 17.6. The van der Waals surface area contributed by atoms with Crippen LogP contribution < -0.4 is 4.90 Å². The van der Waals surface area contributed by atoms with Crippen LogP contribution in [-0.2, 0) is 4.79 Å². The summed E-state index contributed by atoms with van der Waals surface area (Å²) in [4.78, 5) is 33.4. The maximum atomic E-state index is 13.1. The highest BCUT2D eigenvalue weighted by atomic mass is 16.2. The van der Waals surface area contributed by atoms with Gasteiger partial charge in [-0.1, -0.05) is 0 Å². The van der Waals surface area contributed by atoms with Gasteiger partial charge in [-0.15, -0.1) is 0 Å². The Kier molecular flexibility index (Phi) is 6.50. The minimum Gasteiger partial charge on any atom is -0.371 e. The number of likely N-dealkylation sites (tertiary alicyclic amines) is 1. The predicted molar refractivity (Wildman–Crippen MR) is 115 cm³/mol. The molecule has 0 saturated carbocycles. The number of anilines is 1. The Labute approximate surface area is 174 Å². The van der Waals surface area contributed by atoms with Crippen LogP contribution in [0.1, 0.15) is 36.0 Å². The van der Waals surface area contributed by atoms with Crippen LogP contribution in [0, 0.1) is 5.92 Å². The number of nitrogens with zero attached hydrogens (tertiary/aromatic N) is 4. The van der Waals surface area contributed by atoms with Crippen LogP contribution in [0.4, 0.5) is 5.69 Å². The van der Waals surface area contributed by atoms with E-state index in [1.165, 1.54) is 13.1 Å². The molecule has 0 spiro atoms. The van der Waals surface area contributed by atoms with Crippen molar-refractivity contribution in [1.82, 2.24) is 14.7 Å². The molecule has 3 saturated heterocycles. The number of hydrogen-bond acceptors (Lipinski definition) is 5. The largest absolute Gasteiger partial charge is 0.371 e. The lowest BCUT2D eigenvalue weighted by molar-refractivity contribution is -0.137. The third kappa shape index (κ3) is 4.81. The van der Waals surface area contributed by atoms with Gasteiger partial charge in [0.1, 0.15) is 6.29 Å². The van der Waals surface area contributed by atoms with Gasteiger partial charge in [-0.25, -0.2) is 0 Å². The van der Waals surface area contributed by atoms with Crippen molar-refractivity contribution >= 4 is 17.9 Å². The minimum absolute atomic E-state index is 0.167. The van der Waals surface area contributed by atoms with E-state index in [-0.39, 0.29) is 5.92 Å². The van der Waals surface area contributed by atoms with E-state index in [2.05, 4.69) is 26.6 Å². The summed E-state index contributed by atoms with van der Waals surface area (Å²) in [5.74, 6) is 0.540. The molecule has 158 valence electrons. The maximum Gasteiger partial charge on any atom is 0.225 e. The first-order valence-electron chi connectivity index (χ1n) is 11.2. The Morgan fingerprint density at radius 2 is 1.48 bits per heavy atom. The monoisotopic (exact) mass is 398 g/mol. The smallest absolute Gasteiger partial charge is 0.225 e. The molecule has 1 amide bonds. The van der Waals surface area contributed by atoms with E-state index in [1.807, 2.05) is 24.3 Å². The van der Waals surface area contributed by atoms with Crippen molar-refractivity contribution in [3.8, 4) is 0 Å². The van der Waals surface area contributed by atoms with Gasteiger partial charge in [0, 0.05) is 75.6 Å². The Morgan fingerprint density at radius 1 is 0.862 bits per heavy atom. The topological polar surface area (TPSA) is 47.1 Å². The average Bonchev–Trinajstić information content (AvgIpc) is 2.79. The molecule has 0 unspecified atom stereocenters. The number of aldehydes is 1. The highest BCUT2D eigenvalue weighted by Gasteiger charge is 2.32. The molecule has 0 aromatic heterocycles. The summed E-state index contributed by atoms with van der Waals surface area (Å²) in [5.41, 5.74) is 1.85. The van der Waals surface area contributed by atoms with Crippen LogP contribution >= 0.6 is 0 Å². The van der Waals surface area contributed by atoms with Crippen molar-refractivity contribution in [2.45, 2.75) is 31.7 Å². The van der Waals surface area contributed by atoms with Gasteiger partial charge in [-0.05, 0) is 57.0 Å². The molecule has 3 aliphatic heterocycles. The fraction of sp³-hybridized carbons (Fsp3) is 0.652. The van der Waals surface area contributed by atoms with Crippen molar-refractivity contribution in [2.24, 2.45) is 5.92 Å². The second-order valence-electron chi connectivity index (χ2n) is 8.87. The number of benzene rings is 1. The van der Waals surface area contributed by atoms with Crippen LogP contribution in [-0.4, -0.2) is 92.3 Å². The fourth-order valence-corrected chi connectivity index (χ4v) is 5.05. The first-order valence-corrected chi connectivity index (χ1v) is 11.2. The summed E-state index contributed by atoms with van der Waals surface area (Å²) in [6.07, 6.45) is 4.97. The van der Waals surface area contributed by atoms with Gasteiger partial charge in [0.05, 0.1) is 0 Å². The second-order valence-corrected chi connectivity index (χ2v) is 8.87. The molecule has 1 aromatic carbocycles. The van der Waals surface area contributed by atoms with E-state index in [4.69, 9.17) is 0 Å². The molecule has 3 aliphatic rings. The molecule has 1 aromatic rings.